The zero-order chi connectivity index (χ0) is 22.5. The van der Waals surface area contributed by atoms with Crippen LogP contribution in [-0.2, 0) is 7.05 Å². The topological polar surface area (TPSA) is 129 Å². The molecule has 3 aromatic heterocycles. The number of amides is 1. The van der Waals surface area contributed by atoms with Gasteiger partial charge in [-0.2, -0.15) is 5.10 Å². The predicted molar refractivity (Wildman–Crippen MR) is 104 cm³/mol. The summed E-state index contributed by atoms with van der Waals surface area (Å²) in [7, 11) is 1.43. The number of nitrogens with zero attached hydrogens (tertiary/aromatic N) is 5. The Kier molecular flexibility index (Phi) is 4.98. The predicted octanol–water partition coefficient (Wildman–Crippen LogP) is 3.11. The Hall–Kier alpha value is -3.38. The second kappa shape index (κ2) is 7.39. The maximum absolute atomic E-state index is 13.8. The number of alkyl halides is 4. The monoisotopic (exact) mass is 440 g/mol. The minimum absolute atomic E-state index is 0.0127. The Morgan fingerprint density at radius 3 is 2.68 bits per heavy atom. The lowest BCUT2D eigenvalue weighted by atomic mass is 9.82. The minimum Gasteiger partial charge on any atom is -0.383 e. The number of carbonyl (C=O) groups is 1. The van der Waals surface area contributed by atoms with Gasteiger partial charge >= 0.3 is 0 Å². The van der Waals surface area contributed by atoms with Crippen LogP contribution in [0.1, 0.15) is 59.6 Å². The van der Waals surface area contributed by atoms with E-state index in [0.29, 0.717) is 18.4 Å². The Bertz CT molecular complexity index is 1160. The summed E-state index contributed by atoms with van der Waals surface area (Å²) in [5, 5.41) is 9.99. The summed E-state index contributed by atoms with van der Waals surface area (Å²) in [4.78, 5) is 16.9. The van der Waals surface area contributed by atoms with Crippen LogP contribution in [0.3, 0.4) is 0 Å². The molecule has 1 unspecified atom stereocenters. The molecule has 3 heterocycles. The van der Waals surface area contributed by atoms with E-state index >= 15 is 0 Å². The average molecular weight is 440 g/mol. The third-order valence-electron chi connectivity index (χ3n) is 5.32. The summed E-state index contributed by atoms with van der Waals surface area (Å²) < 4.78 is 56.3. The van der Waals surface area contributed by atoms with E-state index in [1.807, 2.05) is 0 Å². The fourth-order valence-corrected chi connectivity index (χ4v) is 3.93. The molecular weight excluding hydrogens is 420 g/mol. The highest BCUT2D eigenvalue weighted by atomic mass is 19.3. The van der Waals surface area contributed by atoms with Gasteiger partial charge in [0.05, 0.1) is 5.69 Å². The molecule has 0 radical (unpaired) electrons. The number of nitrogens with one attached hydrogen (secondary N) is 1. The standard InChI is InChI=1S/C18H20F4N8O/c1-29-7-10(12(27-29)13(19)20)25-17(31)11-15(24)28-30-6-9(14(23)26-16(11)30)8-3-2-4-18(21,22)5-8/h6-8,13H,2-5H2,1H3,(H2,23,26)(H2,24,28)(H,25,31). The van der Waals surface area contributed by atoms with Crippen LogP contribution >= 0.6 is 0 Å². The van der Waals surface area contributed by atoms with Crippen LogP contribution < -0.4 is 16.8 Å². The number of aryl methyl sites for hydroxylation is 1. The van der Waals surface area contributed by atoms with Crippen molar-refractivity contribution in [2.45, 2.75) is 43.9 Å². The zero-order valence-corrected chi connectivity index (χ0v) is 16.4. The van der Waals surface area contributed by atoms with Crippen LogP contribution in [-0.4, -0.2) is 36.2 Å². The van der Waals surface area contributed by atoms with Crippen LogP contribution in [0.5, 0.6) is 0 Å². The number of anilines is 3. The Morgan fingerprint density at radius 2 is 2.00 bits per heavy atom. The highest BCUT2D eigenvalue weighted by Crippen LogP contribution is 2.43. The third-order valence-corrected chi connectivity index (χ3v) is 5.32. The maximum Gasteiger partial charge on any atom is 0.284 e. The molecule has 0 spiro atoms. The van der Waals surface area contributed by atoms with Crippen molar-refractivity contribution in [3.63, 3.8) is 0 Å². The molecule has 13 heteroatoms. The van der Waals surface area contributed by atoms with Crippen LogP contribution in [0, 0.1) is 0 Å². The molecule has 0 aromatic carbocycles. The van der Waals surface area contributed by atoms with Crippen molar-refractivity contribution in [3.8, 4) is 0 Å². The molecule has 1 fully saturated rings. The lowest BCUT2D eigenvalue weighted by Gasteiger charge is -2.29. The second-order valence-corrected chi connectivity index (χ2v) is 7.62. The summed E-state index contributed by atoms with van der Waals surface area (Å²) in [6, 6.07) is 0. The van der Waals surface area contributed by atoms with Crippen LogP contribution in [0.25, 0.3) is 5.65 Å². The number of fused-ring (bicyclic) bond motifs is 1. The normalized spacial score (nSPS) is 18.6. The van der Waals surface area contributed by atoms with Crippen molar-refractivity contribution >= 4 is 28.9 Å². The van der Waals surface area contributed by atoms with Gasteiger partial charge in [0.2, 0.25) is 5.92 Å². The van der Waals surface area contributed by atoms with Crippen molar-refractivity contribution < 1.29 is 22.4 Å². The van der Waals surface area contributed by atoms with Crippen molar-refractivity contribution in [3.05, 3.63) is 29.2 Å². The molecule has 3 aromatic rings. The number of nitrogens with two attached hydrogens (primary N) is 2. The van der Waals surface area contributed by atoms with Crippen LogP contribution in [0.15, 0.2) is 12.4 Å². The highest BCUT2D eigenvalue weighted by molar-refractivity contribution is 6.11. The Morgan fingerprint density at radius 1 is 1.26 bits per heavy atom. The first-order valence-electron chi connectivity index (χ1n) is 9.51. The highest BCUT2D eigenvalue weighted by Gasteiger charge is 2.38. The number of hydrogen-bond acceptors (Lipinski definition) is 6. The van der Waals surface area contributed by atoms with E-state index in [4.69, 9.17) is 11.5 Å². The number of carbonyl (C=O) groups excluding carboxylic acids is 1. The van der Waals surface area contributed by atoms with Gasteiger partial charge in [-0.1, -0.05) is 0 Å². The number of nitrogen functional groups attached to an aromatic ring is 2. The van der Waals surface area contributed by atoms with E-state index < -0.39 is 29.9 Å². The van der Waals surface area contributed by atoms with Crippen molar-refractivity contribution in [1.82, 2.24) is 24.4 Å². The van der Waals surface area contributed by atoms with E-state index in [1.54, 1.807) is 0 Å². The average Bonchev–Trinajstić information content (AvgIpc) is 3.18. The Labute approximate surface area is 173 Å². The van der Waals surface area contributed by atoms with Gasteiger partial charge in [0.1, 0.15) is 11.4 Å². The quantitative estimate of drug-likeness (QED) is 0.535. The SMILES string of the molecule is Cn1cc(NC(=O)c2c(N)nn3cc(C4CCCC(F)(F)C4)c(N)nc23)c(C(F)F)n1. The maximum atomic E-state index is 13.8. The van der Waals surface area contributed by atoms with E-state index in [1.165, 1.54) is 24.0 Å². The van der Waals surface area contributed by atoms with Gasteiger partial charge in [-0.05, 0) is 18.8 Å². The van der Waals surface area contributed by atoms with Gasteiger partial charge in [0, 0.05) is 37.8 Å². The third kappa shape index (κ3) is 3.86. The molecular formula is C18H20F4N8O. The van der Waals surface area contributed by atoms with Gasteiger partial charge in [0.25, 0.3) is 12.3 Å². The first kappa shape index (κ1) is 20.9. The second-order valence-electron chi connectivity index (χ2n) is 7.62. The fraction of sp³-hybridized carbons (Fsp3) is 0.444. The first-order valence-corrected chi connectivity index (χ1v) is 9.51. The van der Waals surface area contributed by atoms with Crippen LogP contribution in [0.2, 0.25) is 0 Å². The molecule has 1 amide bonds. The minimum atomic E-state index is -2.90. The smallest absolute Gasteiger partial charge is 0.284 e. The van der Waals surface area contributed by atoms with E-state index in [2.05, 4.69) is 20.5 Å². The summed E-state index contributed by atoms with van der Waals surface area (Å²) in [6.45, 7) is 0. The number of halogens is 4. The van der Waals surface area contributed by atoms with Gasteiger partial charge in [-0.25, -0.2) is 27.1 Å². The molecule has 0 bridgehead atoms. The lowest BCUT2D eigenvalue weighted by Crippen LogP contribution is -2.25. The summed E-state index contributed by atoms with van der Waals surface area (Å²) in [6.07, 6.45) is 0.105. The van der Waals surface area contributed by atoms with E-state index in [-0.39, 0.29) is 41.4 Å². The van der Waals surface area contributed by atoms with Gasteiger partial charge in [0.15, 0.2) is 17.2 Å². The molecule has 1 aliphatic carbocycles. The molecule has 166 valence electrons. The molecule has 31 heavy (non-hydrogen) atoms. The number of hydrogen-bond donors (Lipinski definition) is 3. The summed E-state index contributed by atoms with van der Waals surface area (Å²) in [5.41, 5.74) is 11.3. The van der Waals surface area contributed by atoms with Crippen molar-refractivity contribution in [2.75, 3.05) is 16.8 Å². The van der Waals surface area contributed by atoms with Gasteiger partial charge < -0.3 is 16.8 Å². The summed E-state index contributed by atoms with van der Waals surface area (Å²) in [5.74, 6) is -4.35. The van der Waals surface area contributed by atoms with Crippen molar-refractivity contribution in [1.29, 1.82) is 0 Å². The molecule has 4 rings (SSSR count). The van der Waals surface area contributed by atoms with Crippen molar-refractivity contribution in [2.24, 2.45) is 7.05 Å². The van der Waals surface area contributed by atoms with Gasteiger partial charge in [-0.3, -0.25) is 9.48 Å². The molecule has 1 atom stereocenters. The molecule has 0 aliphatic heterocycles. The van der Waals surface area contributed by atoms with E-state index in [0.717, 1.165) is 4.68 Å². The molecule has 9 nitrogen and oxygen atoms in total. The van der Waals surface area contributed by atoms with Crippen LogP contribution in [0.4, 0.5) is 34.9 Å². The summed E-state index contributed by atoms with van der Waals surface area (Å²) >= 11 is 0. The number of aromatic nitrogens is 5. The largest absolute Gasteiger partial charge is 0.383 e. The Balaban J connectivity index is 1.69. The number of rotatable bonds is 4. The molecule has 1 saturated carbocycles. The molecule has 5 N–H and O–H groups in total. The molecule has 1 aliphatic rings. The fourth-order valence-electron chi connectivity index (χ4n) is 3.93. The molecule has 0 saturated heterocycles. The first-order chi connectivity index (χ1) is 14.6. The lowest BCUT2D eigenvalue weighted by molar-refractivity contribution is -0.0407. The van der Waals surface area contributed by atoms with E-state index in [9.17, 15) is 22.4 Å². The van der Waals surface area contributed by atoms with Gasteiger partial charge in [-0.15, -0.1) is 5.10 Å². The zero-order valence-electron chi connectivity index (χ0n) is 16.4.